The lowest BCUT2D eigenvalue weighted by atomic mass is 10.2. The molecule has 0 saturated carbocycles. The maximum atomic E-state index is 11.9. The van der Waals surface area contributed by atoms with Crippen LogP contribution in [0.3, 0.4) is 0 Å². The van der Waals surface area contributed by atoms with Crippen molar-refractivity contribution >= 4 is 11.6 Å². The molecule has 0 fully saturated rings. The second kappa shape index (κ2) is 6.51. The predicted molar refractivity (Wildman–Crippen MR) is 75.7 cm³/mol. The molecule has 0 saturated heterocycles. The van der Waals surface area contributed by atoms with E-state index in [-0.39, 0.29) is 5.91 Å². The Labute approximate surface area is 117 Å². The first-order valence-electron chi connectivity index (χ1n) is 6.14. The third-order valence-electron chi connectivity index (χ3n) is 2.74. The van der Waals surface area contributed by atoms with Gasteiger partial charge in [0.15, 0.2) is 0 Å². The van der Waals surface area contributed by atoms with E-state index in [9.17, 15) is 4.79 Å². The number of nitrogens with zero attached hydrogens (tertiary/aromatic N) is 2. The Kier molecular flexibility index (Phi) is 4.49. The highest BCUT2D eigenvalue weighted by Crippen LogP contribution is 2.07. The highest BCUT2D eigenvalue weighted by Gasteiger charge is 2.06. The summed E-state index contributed by atoms with van der Waals surface area (Å²) >= 11 is 0. The molecule has 0 aliphatic carbocycles. The maximum Gasteiger partial charge on any atom is 0.270 e. The molecule has 0 aromatic carbocycles. The van der Waals surface area contributed by atoms with Gasteiger partial charge in [0, 0.05) is 25.9 Å². The molecule has 6 heteroatoms. The number of carbonyl (C=O) groups excluding carboxylic acids is 1. The summed E-state index contributed by atoms with van der Waals surface area (Å²) in [4.78, 5) is 20.1. The fourth-order valence-electron chi connectivity index (χ4n) is 1.59. The van der Waals surface area contributed by atoms with Gasteiger partial charge in [-0.2, -0.15) is 0 Å². The number of nitrogens with one attached hydrogen (secondary N) is 2. The number of pyridine rings is 2. The number of carbonyl (C=O) groups is 1. The molecule has 0 atom stereocenters. The number of hydrogen-bond acceptors (Lipinski definition) is 5. The quantitative estimate of drug-likeness (QED) is 0.861. The van der Waals surface area contributed by atoms with Gasteiger partial charge in [0.2, 0.25) is 5.88 Å². The van der Waals surface area contributed by atoms with Crippen LogP contribution in [0.4, 0.5) is 5.69 Å². The van der Waals surface area contributed by atoms with E-state index < -0.39 is 0 Å². The minimum absolute atomic E-state index is 0.219. The number of amides is 1. The summed E-state index contributed by atoms with van der Waals surface area (Å²) in [6.45, 7) is 0.394. The summed E-state index contributed by atoms with van der Waals surface area (Å²) in [6, 6.07) is 7.08. The fraction of sp³-hybridized carbons (Fsp3) is 0.214. The summed E-state index contributed by atoms with van der Waals surface area (Å²) < 4.78 is 4.97. The van der Waals surface area contributed by atoms with Crippen LogP contribution in [-0.4, -0.2) is 30.0 Å². The molecular weight excluding hydrogens is 256 g/mol. The van der Waals surface area contributed by atoms with Crippen molar-refractivity contribution in [2.75, 3.05) is 19.5 Å². The summed E-state index contributed by atoms with van der Waals surface area (Å²) in [5.41, 5.74) is 2.14. The van der Waals surface area contributed by atoms with Crippen molar-refractivity contribution in [1.29, 1.82) is 0 Å². The van der Waals surface area contributed by atoms with Crippen LogP contribution < -0.4 is 15.4 Å². The first kappa shape index (κ1) is 13.8. The number of rotatable bonds is 5. The second-order valence-corrected chi connectivity index (χ2v) is 4.07. The van der Waals surface area contributed by atoms with Gasteiger partial charge in [0.25, 0.3) is 5.91 Å². The molecule has 0 radical (unpaired) electrons. The molecule has 1 amide bonds. The van der Waals surface area contributed by atoms with E-state index in [1.54, 1.807) is 44.8 Å². The minimum atomic E-state index is -0.219. The van der Waals surface area contributed by atoms with Crippen LogP contribution in [0.25, 0.3) is 0 Å². The molecule has 2 rings (SSSR count). The number of ether oxygens (including phenoxy) is 1. The molecule has 2 aromatic rings. The van der Waals surface area contributed by atoms with Gasteiger partial charge in [-0.1, -0.05) is 6.07 Å². The van der Waals surface area contributed by atoms with Crippen LogP contribution in [0.15, 0.2) is 36.7 Å². The highest BCUT2D eigenvalue weighted by molar-refractivity contribution is 5.92. The average molecular weight is 272 g/mol. The second-order valence-electron chi connectivity index (χ2n) is 4.07. The fourth-order valence-corrected chi connectivity index (χ4v) is 1.59. The molecule has 20 heavy (non-hydrogen) atoms. The van der Waals surface area contributed by atoms with Gasteiger partial charge in [-0.15, -0.1) is 0 Å². The smallest absolute Gasteiger partial charge is 0.270 e. The van der Waals surface area contributed by atoms with E-state index in [1.165, 1.54) is 0 Å². The van der Waals surface area contributed by atoms with Crippen molar-refractivity contribution in [2.45, 2.75) is 6.54 Å². The van der Waals surface area contributed by atoms with Crippen LogP contribution in [0.5, 0.6) is 5.88 Å². The first-order valence-corrected chi connectivity index (χ1v) is 6.14. The Morgan fingerprint density at radius 1 is 1.20 bits per heavy atom. The van der Waals surface area contributed by atoms with E-state index in [4.69, 9.17) is 4.74 Å². The first-order chi connectivity index (χ1) is 9.72. The van der Waals surface area contributed by atoms with Crippen LogP contribution >= 0.6 is 0 Å². The van der Waals surface area contributed by atoms with Gasteiger partial charge in [-0.25, -0.2) is 9.97 Å². The molecule has 2 N–H and O–H groups in total. The van der Waals surface area contributed by atoms with E-state index in [2.05, 4.69) is 20.6 Å². The topological polar surface area (TPSA) is 76.1 Å². The Hall–Kier alpha value is -2.63. The summed E-state index contributed by atoms with van der Waals surface area (Å²) in [7, 11) is 3.36. The van der Waals surface area contributed by atoms with Crippen LogP contribution in [0, 0.1) is 0 Å². The average Bonchev–Trinajstić information content (AvgIpc) is 2.53. The number of hydrogen-bond donors (Lipinski definition) is 2. The van der Waals surface area contributed by atoms with Gasteiger partial charge in [0.1, 0.15) is 5.69 Å². The lowest BCUT2D eigenvalue weighted by molar-refractivity contribution is 0.0946. The Morgan fingerprint density at radius 3 is 2.60 bits per heavy atom. The molecule has 104 valence electrons. The Morgan fingerprint density at radius 2 is 2.05 bits per heavy atom. The van der Waals surface area contributed by atoms with Crippen LogP contribution in [-0.2, 0) is 6.54 Å². The van der Waals surface area contributed by atoms with E-state index >= 15 is 0 Å². The molecule has 2 heterocycles. The summed E-state index contributed by atoms with van der Waals surface area (Å²) in [6.07, 6.45) is 3.28. The summed E-state index contributed by atoms with van der Waals surface area (Å²) in [5, 5.41) is 5.73. The van der Waals surface area contributed by atoms with Gasteiger partial charge in [0.05, 0.1) is 19.0 Å². The summed E-state index contributed by atoms with van der Waals surface area (Å²) in [5.74, 6) is 0.327. The zero-order valence-corrected chi connectivity index (χ0v) is 11.4. The molecular formula is C14H16N4O2. The van der Waals surface area contributed by atoms with Crippen LogP contribution in [0.1, 0.15) is 16.1 Å². The normalized spacial score (nSPS) is 9.90. The largest absolute Gasteiger partial charge is 0.481 e. The van der Waals surface area contributed by atoms with Crippen molar-refractivity contribution in [3.05, 3.63) is 47.9 Å². The molecule has 0 aliphatic rings. The third-order valence-corrected chi connectivity index (χ3v) is 2.74. The van der Waals surface area contributed by atoms with E-state index in [0.29, 0.717) is 18.1 Å². The molecule has 0 aliphatic heterocycles. The zero-order chi connectivity index (χ0) is 14.4. The van der Waals surface area contributed by atoms with E-state index in [0.717, 1.165) is 11.3 Å². The number of anilines is 1. The van der Waals surface area contributed by atoms with Gasteiger partial charge >= 0.3 is 0 Å². The van der Waals surface area contributed by atoms with Crippen molar-refractivity contribution in [3.63, 3.8) is 0 Å². The van der Waals surface area contributed by atoms with Crippen LogP contribution in [0.2, 0.25) is 0 Å². The van der Waals surface area contributed by atoms with Gasteiger partial charge in [-0.3, -0.25) is 4.79 Å². The van der Waals surface area contributed by atoms with E-state index in [1.807, 2.05) is 6.07 Å². The molecule has 0 spiro atoms. The standard InChI is InChI=1S/C14H16N4O2/c1-15-11-4-5-12(16-9-11)14(19)18-8-10-3-6-13(20-2)17-7-10/h3-7,9,15H,8H2,1-2H3,(H,18,19). The zero-order valence-electron chi connectivity index (χ0n) is 11.4. The van der Waals surface area contributed by atoms with Crippen molar-refractivity contribution in [1.82, 2.24) is 15.3 Å². The Bertz CT molecular complexity index is 567. The lowest BCUT2D eigenvalue weighted by Crippen LogP contribution is -2.23. The minimum Gasteiger partial charge on any atom is -0.481 e. The molecule has 2 aromatic heterocycles. The molecule has 0 bridgehead atoms. The third kappa shape index (κ3) is 3.44. The van der Waals surface area contributed by atoms with Crippen molar-refractivity contribution < 1.29 is 9.53 Å². The molecule has 6 nitrogen and oxygen atoms in total. The SMILES string of the molecule is CNc1ccc(C(=O)NCc2ccc(OC)nc2)nc1. The van der Waals surface area contributed by atoms with Gasteiger partial charge in [-0.05, 0) is 17.7 Å². The maximum absolute atomic E-state index is 11.9. The number of aromatic nitrogens is 2. The Balaban J connectivity index is 1.93. The highest BCUT2D eigenvalue weighted by atomic mass is 16.5. The van der Waals surface area contributed by atoms with Crippen molar-refractivity contribution in [3.8, 4) is 5.88 Å². The van der Waals surface area contributed by atoms with Crippen molar-refractivity contribution in [2.24, 2.45) is 0 Å². The predicted octanol–water partition coefficient (Wildman–Crippen LogP) is 1.46. The monoisotopic (exact) mass is 272 g/mol. The number of methoxy groups -OCH3 is 1. The molecule has 0 unspecified atom stereocenters. The van der Waals surface area contributed by atoms with Gasteiger partial charge < -0.3 is 15.4 Å². The lowest BCUT2D eigenvalue weighted by Gasteiger charge is -2.06.